The molecule has 0 radical (unpaired) electrons. The van der Waals surface area contributed by atoms with Crippen LogP contribution in [0.4, 0.5) is 0 Å². The molecule has 1 fully saturated rings. The first-order valence-corrected chi connectivity index (χ1v) is 8.63. The molecule has 8 heteroatoms. The maximum Gasteiger partial charge on any atom is 0.245 e. The number of rotatable bonds is 7. The topological polar surface area (TPSA) is 89.7 Å². The summed E-state index contributed by atoms with van der Waals surface area (Å²) in [5.74, 6) is 1.13. The van der Waals surface area contributed by atoms with Crippen LogP contribution in [0.1, 0.15) is 36.0 Å². The quantitative estimate of drug-likeness (QED) is 0.643. The van der Waals surface area contributed by atoms with Gasteiger partial charge >= 0.3 is 0 Å². The fraction of sp³-hybridized carbons (Fsp3) is 0.333. The first-order chi connectivity index (χ1) is 12.8. The number of amides is 1. The van der Waals surface area contributed by atoms with Gasteiger partial charge in [-0.3, -0.25) is 14.8 Å². The smallest absolute Gasteiger partial charge is 0.245 e. The molecule has 26 heavy (non-hydrogen) atoms. The van der Waals surface area contributed by atoms with Crippen LogP contribution in [0.3, 0.4) is 0 Å². The molecule has 0 spiro atoms. The highest BCUT2D eigenvalue weighted by Gasteiger charge is 2.30. The van der Waals surface area contributed by atoms with E-state index in [-0.39, 0.29) is 12.5 Å². The van der Waals surface area contributed by atoms with Crippen molar-refractivity contribution in [2.24, 2.45) is 0 Å². The first kappa shape index (κ1) is 16.3. The molecule has 1 aliphatic carbocycles. The van der Waals surface area contributed by atoms with E-state index in [1.807, 2.05) is 36.4 Å². The molecule has 1 saturated carbocycles. The van der Waals surface area contributed by atoms with Crippen molar-refractivity contribution in [3.8, 4) is 0 Å². The van der Waals surface area contributed by atoms with Crippen LogP contribution in [-0.4, -0.2) is 41.0 Å². The minimum absolute atomic E-state index is 0.0597. The number of pyridine rings is 2. The molecule has 0 N–H and O–H groups in total. The Bertz CT molecular complexity index is 820. The van der Waals surface area contributed by atoms with Gasteiger partial charge in [0.1, 0.15) is 6.54 Å². The summed E-state index contributed by atoms with van der Waals surface area (Å²) < 4.78 is 1.61. The summed E-state index contributed by atoms with van der Waals surface area (Å²) in [6, 6.07) is 11.4. The number of tetrazole rings is 1. The van der Waals surface area contributed by atoms with Gasteiger partial charge in [0, 0.05) is 18.3 Å². The molecule has 3 heterocycles. The number of aromatic nitrogens is 6. The second-order valence-electron chi connectivity index (χ2n) is 6.36. The molecule has 3 aromatic heterocycles. The van der Waals surface area contributed by atoms with E-state index in [4.69, 9.17) is 0 Å². The van der Waals surface area contributed by atoms with Crippen LogP contribution in [0.25, 0.3) is 0 Å². The van der Waals surface area contributed by atoms with E-state index in [9.17, 15) is 4.79 Å². The fourth-order valence-electron chi connectivity index (χ4n) is 2.79. The highest BCUT2D eigenvalue weighted by atomic mass is 16.2. The zero-order valence-electron chi connectivity index (χ0n) is 14.3. The third-order valence-electron chi connectivity index (χ3n) is 4.30. The lowest BCUT2D eigenvalue weighted by atomic mass is 10.2. The summed E-state index contributed by atoms with van der Waals surface area (Å²) in [6.45, 7) is 0.951. The molecule has 0 aromatic carbocycles. The predicted octanol–water partition coefficient (Wildman–Crippen LogP) is 1.57. The molecular weight excluding hydrogens is 330 g/mol. The van der Waals surface area contributed by atoms with Gasteiger partial charge < -0.3 is 4.90 Å². The van der Waals surface area contributed by atoms with Gasteiger partial charge in [-0.25, -0.2) is 4.68 Å². The van der Waals surface area contributed by atoms with E-state index in [1.165, 1.54) is 0 Å². The summed E-state index contributed by atoms with van der Waals surface area (Å²) in [6.07, 6.45) is 5.62. The van der Waals surface area contributed by atoms with E-state index < -0.39 is 0 Å². The maximum atomic E-state index is 13.0. The largest absolute Gasteiger partial charge is 0.329 e. The lowest BCUT2D eigenvalue weighted by Gasteiger charge is -2.22. The van der Waals surface area contributed by atoms with Crippen molar-refractivity contribution < 1.29 is 4.79 Å². The van der Waals surface area contributed by atoms with E-state index in [1.54, 1.807) is 22.0 Å². The van der Waals surface area contributed by atoms with Crippen LogP contribution in [0.15, 0.2) is 48.8 Å². The number of carbonyl (C=O) groups excluding carboxylic acids is 1. The fourth-order valence-corrected chi connectivity index (χ4v) is 2.79. The molecule has 0 atom stereocenters. The third kappa shape index (κ3) is 3.90. The molecule has 4 rings (SSSR count). The minimum atomic E-state index is -0.0597. The van der Waals surface area contributed by atoms with Crippen molar-refractivity contribution in [1.29, 1.82) is 0 Å². The second kappa shape index (κ2) is 7.38. The van der Waals surface area contributed by atoms with E-state index in [2.05, 4.69) is 25.5 Å². The van der Waals surface area contributed by atoms with Crippen LogP contribution in [0, 0.1) is 0 Å². The Kier molecular flexibility index (Phi) is 4.63. The molecule has 0 unspecified atom stereocenters. The summed E-state index contributed by atoms with van der Waals surface area (Å²) >= 11 is 0. The average Bonchev–Trinajstić information content (AvgIpc) is 3.42. The van der Waals surface area contributed by atoms with E-state index in [0.717, 1.165) is 30.1 Å². The molecule has 0 aliphatic heterocycles. The van der Waals surface area contributed by atoms with Crippen molar-refractivity contribution in [2.45, 2.75) is 38.4 Å². The van der Waals surface area contributed by atoms with Gasteiger partial charge in [-0.1, -0.05) is 12.1 Å². The lowest BCUT2D eigenvalue weighted by molar-refractivity contribution is -0.133. The van der Waals surface area contributed by atoms with E-state index >= 15 is 0 Å². The van der Waals surface area contributed by atoms with Gasteiger partial charge in [0.2, 0.25) is 5.91 Å². The molecule has 3 aromatic rings. The molecule has 0 saturated heterocycles. The van der Waals surface area contributed by atoms with Crippen molar-refractivity contribution >= 4 is 5.91 Å². The monoisotopic (exact) mass is 349 g/mol. The van der Waals surface area contributed by atoms with Crippen LogP contribution < -0.4 is 0 Å². The van der Waals surface area contributed by atoms with Crippen molar-refractivity contribution in [3.05, 3.63) is 66.0 Å². The third-order valence-corrected chi connectivity index (χ3v) is 4.30. The molecule has 8 nitrogen and oxygen atoms in total. The molecular formula is C18H19N7O. The van der Waals surface area contributed by atoms with Crippen molar-refractivity contribution in [1.82, 2.24) is 35.1 Å². The molecule has 0 bridgehead atoms. The zero-order chi connectivity index (χ0) is 17.8. The summed E-state index contributed by atoms with van der Waals surface area (Å²) in [7, 11) is 0. The number of hydrogen-bond donors (Lipinski definition) is 0. The molecule has 1 aliphatic rings. The lowest BCUT2D eigenvalue weighted by Crippen LogP contribution is -2.34. The van der Waals surface area contributed by atoms with Gasteiger partial charge in [-0.05, 0) is 47.5 Å². The Labute approximate surface area is 150 Å². The average molecular weight is 349 g/mol. The van der Waals surface area contributed by atoms with E-state index in [0.29, 0.717) is 19.0 Å². The van der Waals surface area contributed by atoms with Crippen LogP contribution >= 0.6 is 0 Å². The van der Waals surface area contributed by atoms with Gasteiger partial charge in [-0.15, -0.1) is 5.10 Å². The van der Waals surface area contributed by atoms with Gasteiger partial charge in [0.15, 0.2) is 5.82 Å². The minimum Gasteiger partial charge on any atom is -0.329 e. The maximum absolute atomic E-state index is 13.0. The summed E-state index contributed by atoms with van der Waals surface area (Å²) in [4.78, 5) is 23.4. The molecule has 132 valence electrons. The zero-order valence-corrected chi connectivity index (χ0v) is 14.3. The summed E-state index contributed by atoms with van der Waals surface area (Å²) in [5.41, 5.74) is 1.66. The SMILES string of the molecule is O=C(Cn1nnnc1C1CC1)N(Cc1ccccn1)Cc1ccccn1. The number of nitrogens with zero attached hydrogens (tertiary/aromatic N) is 7. The number of hydrogen-bond acceptors (Lipinski definition) is 6. The Morgan fingerprint density at radius 1 is 1.04 bits per heavy atom. The van der Waals surface area contributed by atoms with Crippen LogP contribution in [-0.2, 0) is 24.4 Å². The normalized spacial score (nSPS) is 13.5. The van der Waals surface area contributed by atoms with Crippen molar-refractivity contribution in [2.75, 3.05) is 0 Å². The predicted molar refractivity (Wildman–Crippen MR) is 92.5 cm³/mol. The van der Waals surface area contributed by atoms with Crippen LogP contribution in [0.5, 0.6) is 0 Å². The van der Waals surface area contributed by atoms with Crippen LogP contribution in [0.2, 0.25) is 0 Å². The van der Waals surface area contributed by atoms with Crippen molar-refractivity contribution in [3.63, 3.8) is 0 Å². The molecule has 1 amide bonds. The second-order valence-corrected chi connectivity index (χ2v) is 6.36. The Morgan fingerprint density at radius 2 is 1.69 bits per heavy atom. The Hall–Kier alpha value is -3.16. The number of carbonyl (C=O) groups is 1. The standard InChI is InChI=1S/C18H19N7O/c26-17(13-25-18(14-7-8-14)21-22-23-25)24(11-15-5-1-3-9-19-15)12-16-6-2-4-10-20-16/h1-6,9-10,14H,7-8,11-13H2. The van der Waals surface area contributed by atoms with Gasteiger partial charge in [0.25, 0.3) is 0 Å². The first-order valence-electron chi connectivity index (χ1n) is 8.63. The summed E-state index contributed by atoms with van der Waals surface area (Å²) in [5, 5.41) is 11.8. The highest BCUT2D eigenvalue weighted by molar-refractivity contribution is 5.75. The van der Waals surface area contributed by atoms with Gasteiger partial charge in [-0.2, -0.15) is 0 Å². The van der Waals surface area contributed by atoms with Gasteiger partial charge in [0.05, 0.1) is 24.5 Å². The highest BCUT2D eigenvalue weighted by Crippen LogP contribution is 2.38. The Morgan fingerprint density at radius 3 is 2.23 bits per heavy atom. The Balaban J connectivity index is 1.52.